The lowest BCUT2D eigenvalue weighted by atomic mass is 10.0. The second kappa shape index (κ2) is 8.48. The predicted octanol–water partition coefficient (Wildman–Crippen LogP) is 4.99. The van der Waals surface area contributed by atoms with Gasteiger partial charge < -0.3 is 10.1 Å². The largest absolute Gasteiger partial charge is 0.449 e. The Labute approximate surface area is 163 Å². The maximum absolute atomic E-state index is 13.6. The highest BCUT2D eigenvalue weighted by molar-refractivity contribution is 5.99. The van der Waals surface area contributed by atoms with Gasteiger partial charge in [0.2, 0.25) is 0 Å². The van der Waals surface area contributed by atoms with Crippen molar-refractivity contribution in [3.8, 4) is 11.1 Å². The van der Waals surface area contributed by atoms with Crippen LogP contribution >= 0.6 is 0 Å². The molecule has 4 nitrogen and oxygen atoms in total. The lowest BCUT2D eigenvalue weighted by Gasteiger charge is -2.16. The molecule has 0 heterocycles. The molecule has 142 valence electrons. The molecule has 5 heteroatoms. The topological polar surface area (TPSA) is 55.4 Å². The van der Waals surface area contributed by atoms with Crippen molar-refractivity contribution in [1.29, 1.82) is 0 Å². The Morgan fingerprint density at radius 1 is 0.964 bits per heavy atom. The number of nitrogens with one attached hydrogen (secondary N) is 1. The molecule has 0 radical (unpaired) electrons. The van der Waals surface area contributed by atoms with Crippen LogP contribution in [0, 0.1) is 12.7 Å². The average Bonchev–Trinajstić information content (AvgIpc) is 2.71. The molecule has 3 aromatic carbocycles. The van der Waals surface area contributed by atoms with E-state index < -0.39 is 23.8 Å². The fourth-order valence-electron chi connectivity index (χ4n) is 2.70. The highest BCUT2D eigenvalue weighted by atomic mass is 19.1. The molecule has 0 aliphatic heterocycles. The van der Waals surface area contributed by atoms with Crippen LogP contribution in [0.4, 0.5) is 10.1 Å². The van der Waals surface area contributed by atoms with Gasteiger partial charge in [-0.05, 0) is 43.2 Å². The monoisotopic (exact) mass is 377 g/mol. The number of benzene rings is 3. The number of hydrogen-bond donors (Lipinski definition) is 1. The van der Waals surface area contributed by atoms with Crippen LogP contribution in [0.2, 0.25) is 0 Å². The van der Waals surface area contributed by atoms with E-state index in [-0.39, 0.29) is 5.56 Å². The zero-order valence-corrected chi connectivity index (χ0v) is 15.6. The summed E-state index contributed by atoms with van der Waals surface area (Å²) in [6, 6.07) is 21.1. The Hall–Kier alpha value is -3.47. The van der Waals surface area contributed by atoms with E-state index in [2.05, 4.69) is 5.32 Å². The Bertz CT molecular complexity index is 1000. The number of carbonyl (C=O) groups is 2. The van der Waals surface area contributed by atoms with Gasteiger partial charge in [0.1, 0.15) is 5.82 Å². The summed E-state index contributed by atoms with van der Waals surface area (Å²) in [6.45, 7) is 3.08. The van der Waals surface area contributed by atoms with E-state index in [0.717, 1.165) is 17.2 Å². The molecule has 0 fully saturated rings. The summed E-state index contributed by atoms with van der Waals surface area (Å²) in [7, 11) is 0. The summed E-state index contributed by atoms with van der Waals surface area (Å²) >= 11 is 0. The molecule has 0 bridgehead atoms. The molecule has 0 saturated heterocycles. The van der Waals surface area contributed by atoms with Crippen LogP contribution < -0.4 is 5.32 Å². The summed E-state index contributed by atoms with van der Waals surface area (Å²) in [5.41, 5.74) is 2.92. The normalized spacial score (nSPS) is 11.5. The number of carbonyl (C=O) groups excluding carboxylic acids is 2. The zero-order chi connectivity index (χ0) is 20.1. The third kappa shape index (κ3) is 4.43. The Balaban J connectivity index is 1.71. The van der Waals surface area contributed by atoms with Crippen molar-refractivity contribution in [3.63, 3.8) is 0 Å². The van der Waals surface area contributed by atoms with Gasteiger partial charge in [-0.15, -0.1) is 0 Å². The Kier molecular flexibility index (Phi) is 5.84. The lowest BCUT2D eigenvalue weighted by molar-refractivity contribution is -0.123. The van der Waals surface area contributed by atoms with Crippen LogP contribution in [0.15, 0.2) is 72.8 Å². The number of para-hydroxylation sites is 1. The van der Waals surface area contributed by atoms with Gasteiger partial charge in [0.25, 0.3) is 5.91 Å². The highest BCUT2D eigenvalue weighted by Gasteiger charge is 2.20. The molecule has 0 spiro atoms. The molecule has 3 rings (SSSR count). The van der Waals surface area contributed by atoms with Gasteiger partial charge in [0.05, 0.1) is 5.56 Å². The number of halogens is 1. The second-order valence-corrected chi connectivity index (χ2v) is 6.41. The summed E-state index contributed by atoms with van der Waals surface area (Å²) < 4.78 is 18.8. The zero-order valence-electron chi connectivity index (χ0n) is 15.6. The number of hydrogen-bond acceptors (Lipinski definition) is 3. The van der Waals surface area contributed by atoms with Gasteiger partial charge in [-0.3, -0.25) is 4.79 Å². The Morgan fingerprint density at radius 2 is 1.64 bits per heavy atom. The van der Waals surface area contributed by atoms with E-state index in [4.69, 9.17) is 4.74 Å². The van der Waals surface area contributed by atoms with Crippen LogP contribution in [0.25, 0.3) is 11.1 Å². The first-order valence-electron chi connectivity index (χ1n) is 8.88. The number of aryl methyl sites for hydroxylation is 1. The summed E-state index contributed by atoms with van der Waals surface area (Å²) in [4.78, 5) is 24.7. The van der Waals surface area contributed by atoms with E-state index in [1.165, 1.54) is 19.1 Å². The van der Waals surface area contributed by atoms with E-state index in [0.29, 0.717) is 11.3 Å². The van der Waals surface area contributed by atoms with E-state index in [1.54, 1.807) is 13.0 Å². The molecule has 0 unspecified atom stereocenters. The van der Waals surface area contributed by atoms with Crippen molar-refractivity contribution in [3.05, 3.63) is 89.7 Å². The molecule has 0 saturated carbocycles. The highest BCUT2D eigenvalue weighted by Crippen LogP contribution is 2.27. The van der Waals surface area contributed by atoms with Gasteiger partial charge in [-0.2, -0.15) is 0 Å². The summed E-state index contributed by atoms with van der Waals surface area (Å²) in [6.07, 6.45) is -1.04. The lowest BCUT2D eigenvalue weighted by Crippen LogP contribution is -2.30. The van der Waals surface area contributed by atoms with Crippen molar-refractivity contribution in [2.24, 2.45) is 0 Å². The summed E-state index contributed by atoms with van der Waals surface area (Å²) in [5, 5.41) is 2.80. The third-order valence-electron chi connectivity index (χ3n) is 4.33. The molecular weight excluding hydrogens is 357 g/mol. The van der Waals surface area contributed by atoms with Crippen molar-refractivity contribution in [2.45, 2.75) is 20.0 Å². The van der Waals surface area contributed by atoms with Crippen LogP contribution in [-0.4, -0.2) is 18.0 Å². The summed E-state index contributed by atoms with van der Waals surface area (Å²) in [5.74, 6) is -1.72. The molecular formula is C23H20FNO3. The maximum Gasteiger partial charge on any atom is 0.339 e. The van der Waals surface area contributed by atoms with Gasteiger partial charge >= 0.3 is 5.97 Å². The van der Waals surface area contributed by atoms with Gasteiger partial charge in [0.15, 0.2) is 6.10 Å². The minimum atomic E-state index is -1.04. The first-order chi connectivity index (χ1) is 13.5. The van der Waals surface area contributed by atoms with E-state index in [9.17, 15) is 14.0 Å². The minimum Gasteiger partial charge on any atom is -0.449 e. The van der Waals surface area contributed by atoms with Gasteiger partial charge in [-0.1, -0.05) is 54.6 Å². The maximum atomic E-state index is 13.6. The number of anilines is 1. The quantitative estimate of drug-likeness (QED) is 0.638. The van der Waals surface area contributed by atoms with Crippen molar-refractivity contribution < 1.29 is 18.7 Å². The van der Waals surface area contributed by atoms with Crippen molar-refractivity contribution in [2.75, 3.05) is 5.32 Å². The van der Waals surface area contributed by atoms with Crippen LogP contribution in [0.1, 0.15) is 22.8 Å². The number of ether oxygens (including phenoxy) is 1. The fourth-order valence-corrected chi connectivity index (χ4v) is 2.70. The van der Waals surface area contributed by atoms with Crippen LogP contribution in [0.3, 0.4) is 0 Å². The number of esters is 1. The average molecular weight is 377 g/mol. The number of amides is 1. The van der Waals surface area contributed by atoms with Crippen LogP contribution in [0.5, 0.6) is 0 Å². The van der Waals surface area contributed by atoms with Crippen molar-refractivity contribution >= 4 is 17.6 Å². The number of rotatable bonds is 5. The molecule has 0 aliphatic carbocycles. The van der Waals surface area contributed by atoms with Gasteiger partial charge in [0, 0.05) is 11.3 Å². The first-order valence-corrected chi connectivity index (χ1v) is 8.88. The first kappa shape index (κ1) is 19.3. The standard InChI is InChI=1S/C23H20FNO3/c1-15-12-13-18(14-20(15)24)23(27)28-16(2)22(26)25-21-11-7-6-10-19(21)17-8-4-3-5-9-17/h3-14,16H,1-2H3,(H,25,26)/t16-/m0/s1. The molecule has 1 N–H and O–H groups in total. The minimum absolute atomic E-state index is 0.0624. The van der Waals surface area contributed by atoms with E-state index >= 15 is 0 Å². The second-order valence-electron chi connectivity index (χ2n) is 6.41. The molecule has 28 heavy (non-hydrogen) atoms. The Morgan fingerprint density at radius 3 is 2.36 bits per heavy atom. The van der Waals surface area contributed by atoms with Crippen LogP contribution in [-0.2, 0) is 9.53 Å². The molecule has 0 aromatic heterocycles. The predicted molar refractivity (Wildman–Crippen MR) is 107 cm³/mol. The van der Waals surface area contributed by atoms with Gasteiger partial charge in [-0.25, -0.2) is 9.18 Å². The third-order valence-corrected chi connectivity index (χ3v) is 4.33. The molecule has 0 aliphatic rings. The fraction of sp³-hybridized carbons (Fsp3) is 0.130. The molecule has 1 amide bonds. The van der Waals surface area contributed by atoms with Crippen molar-refractivity contribution in [1.82, 2.24) is 0 Å². The SMILES string of the molecule is Cc1ccc(C(=O)O[C@@H](C)C(=O)Nc2ccccc2-c2ccccc2)cc1F. The van der Waals surface area contributed by atoms with E-state index in [1.807, 2.05) is 48.5 Å². The smallest absolute Gasteiger partial charge is 0.339 e. The molecule has 1 atom stereocenters. The molecule has 3 aromatic rings.